The van der Waals surface area contributed by atoms with Crippen molar-refractivity contribution in [2.24, 2.45) is 16.2 Å². The monoisotopic (exact) mass is 1110 g/mol. The maximum Gasteiger partial charge on any atom is 0.481 e. The topological polar surface area (TPSA) is 401 Å². The number of ketones is 1. The number of aliphatic hydroxyl groups is 2. The van der Waals surface area contributed by atoms with Crippen LogP contribution in [0.2, 0.25) is 0 Å². The molecule has 7 unspecified atom stereocenters. The maximum atomic E-state index is 13.1. The number of phosphoric ester groups is 3. The number of anilines is 1. The lowest BCUT2D eigenvalue weighted by atomic mass is 9.87. The molecule has 1 aromatic carbocycles. The lowest BCUT2D eigenvalue weighted by Gasteiger charge is -2.30. The van der Waals surface area contributed by atoms with E-state index < -0.39 is 95.9 Å². The number of carboxylic acids is 1. The minimum Gasteiger partial charge on any atom is -0.481 e. The molecule has 74 heavy (non-hydrogen) atoms. The van der Waals surface area contributed by atoms with Gasteiger partial charge in [0.15, 0.2) is 17.7 Å². The average Bonchev–Trinajstić information content (AvgIpc) is 3.89. The fourth-order valence-corrected chi connectivity index (χ4v) is 11.2. The number of rotatable bonds is 33. The van der Waals surface area contributed by atoms with Gasteiger partial charge in [0.05, 0.1) is 25.0 Å². The van der Waals surface area contributed by atoms with E-state index in [1.54, 1.807) is 13.8 Å². The van der Waals surface area contributed by atoms with Crippen molar-refractivity contribution in [3.05, 3.63) is 48.0 Å². The fourth-order valence-electron chi connectivity index (χ4n) is 8.36. The van der Waals surface area contributed by atoms with Gasteiger partial charge < -0.3 is 56.0 Å². The number of aliphatic carboxylic acids is 1. The molecule has 1 saturated heterocycles. The molecular formula is C45H70N7O19P3. The number of phosphoric acid groups is 3. The number of nitrogen functional groups attached to an aromatic ring is 1. The van der Waals surface area contributed by atoms with E-state index in [2.05, 4.69) is 58.7 Å². The zero-order valence-corrected chi connectivity index (χ0v) is 44.5. The van der Waals surface area contributed by atoms with E-state index in [9.17, 15) is 67.8 Å². The molecule has 3 heterocycles. The van der Waals surface area contributed by atoms with Crippen LogP contribution < -0.4 is 16.4 Å². The first kappa shape index (κ1) is 60.8. The molecule has 0 spiro atoms. The number of Topliss-reactive ketones (excluding diaryl/α,β-unsaturated/α-hetero) is 1. The molecule has 11 N–H and O–H groups in total. The van der Waals surface area contributed by atoms with Gasteiger partial charge in [0.1, 0.15) is 42.0 Å². The molecule has 0 radical (unpaired) electrons. The van der Waals surface area contributed by atoms with Crippen LogP contribution in [0.3, 0.4) is 0 Å². The van der Waals surface area contributed by atoms with E-state index in [4.69, 9.17) is 19.5 Å². The van der Waals surface area contributed by atoms with Gasteiger partial charge in [0.25, 0.3) is 0 Å². The Labute approximate surface area is 428 Å². The molecule has 2 aliphatic rings. The number of unbranched alkanes of at least 4 members (excludes halogenated alkanes) is 4. The van der Waals surface area contributed by atoms with Crippen molar-refractivity contribution in [2.45, 2.75) is 148 Å². The molecule has 29 heteroatoms. The minimum absolute atomic E-state index is 0.0268. The van der Waals surface area contributed by atoms with Crippen molar-refractivity contribution >= 4 is 64.0 Å². The number of aromatic nitrogens is 4. The predicted octanol–water partition coefficient (Wildman–Crippen LogP) is 4.16. The highest BCUT2D eigenvalue weighted by Crippen LogP contribution is 2.61. The van der Waals surface area contributed by atoms with Crippen molar-refractivity contribution in [1.82, 2.24) is 30.2 Å². The van der Waals surface area contributed by atoms with Gasteiger partial charge in [-0.25, -0.2) is 28.6 Å². The number of benzene rings is 1. The quantitative estimate of drug-likeness (QED) is 0.0302. The van der Waals surface area contributed by atoms with E-state index in [0.29, 0.717) is 6.42 Å². The molecule has 2 amide bonds. The standard InChI is InChI=1S/C45H70N7O19P3/c1-43(2,42(58)59)19-9-6-5-7-11-29-13-15-30(16-14-29)12-8-10-20-45(21-22-45)32(53)17-23-47-33(54)18-24-48-40(57)37(56)44(3,4)26-68-74(65,66)71-73(63,64)67-25-31-36(70-72(60,61)62)35(55)41(69-31)52-28-51-34-38(46)49-27-50-39(34)52/h13-16,27-28,31,35-37,41,55-56H,5-12,17-26H2,1-4H3,(H,47,54)(H,48,57)(H,58,59)(H,63,64)(H,65,66)(H2,46,49,50)(H2,60,61,62). The van der Waals surface area contributed by atoms with Crippen LogP contribution in [0.1, 0.15) is 122 Å². The third-order valence-electron chi connectivity index (χ3n) is 13.2. The van der Waals surface area contributed by atoms with Crippen molar-refractivity contribution in [3.63, 3.8) is 0 Å². The molecular weight excluding hydrogens is 1040 g/mol. The fraction of sp³-hybridized carbons (Fsp3) is 0.667. The Morgan fingerprint density at radius 3 is 2.09 bits per heavy atom. The Bertz CT molecular complexity index is 2560. The SMILES string of the molecule is CC(C)(CCCCCCc1ccc(CCCCC2(C(=O)CCNC(=O)CCNC(=O)C(O)C(C)(C)COP(=O)(O)OP(=O)(O)OCC3OC(n4cnc5c(N)ncnc54)C(O)C3OP(=O)(O)O)CC2)cc1)C(=O)O. The number of hydrogen-bond donors (Lipinski definition) is 10. The number of imidazole rings is 1. The van der Waals surface area contributed by atoms with Crippen molar-refractivity contribution in [2.75, 3.05) is 32.0 Å². The summed E-state index contributed by atoms with van der Waals surface area (Å²) in [5, 5.41) is 36.0. The maximum absolute atomic E-state index is 13.1. The predicted molar refractivity (Wildman–Crippen MR) is 263 cm³/mol. The van der Waals surface area contributed by atoms with Gasteiger partial charge in [0, 0.05) is 36.8 Å². The van der Waals surface area contributed by atoms with Crippen LogP contribution in [-0.4, -0.2) is 129 Å². The summed E-state index contributed by atoms with van der Waals surface area (Å²) in [5.41, 5.74) is 5.74. The summed E-state index contributed by atoms with van der Waals surface area (Å²) in [5.74, 6) is -2.14. The van der Waals surface area contributed by atoms with E-state index in [1.807, 2.05) is 0 Å². The highest BCUT2D eigenvalue weighted by Gasteiger charge is 2.51. The highest BCUT2D eigenvalue weighted by atomic mass is 31.3. The summed E-state index contributed by atoms with van der Waals surface area (Å²) in [7, 11) is -16.5. The minimum atomic E-state index is -5.60. The van der Waals surface area contributed by atoms with Crippen LogP contribution in [0.25, 0.3) is 11.2 Å². The van der Waals surface area contributed by atoms with Crippen LogP contribution >= 0.6 is 23.5 Å². The van der Waals surface area contributed by atoms with Gasteiger partial charge in [-0.15, -0.1) is 0 Å². The molecule has 7 atom stereocenters. The van der Waals surface area contributed by atoms with Crippen LogP contribution in [0.15, 0.2) is 36.9 Å². The molecule has 2 aromatic heterocycles. The van der Waals surface area contributed by atoms with Crippen LogP contribution in [0.4, 0.5) is 5.82 Å². The lowest BCUT2D eigenvalue weighted by Crippen LogP contribution is -2.46. The zero-order valence-electron chi connectivity index (χ0n) is 41.8. The number of carboxylic acid groups (broad SMARTS) is 1. The third-order valence-corrected chi connectivity index (χ3v) is 16.3. The van der Waals surface area contributed by atoms with Gasteiger partial charge >= 0.3 is 29.4 Å². The van der Waals surface area contributed by atoms with Crippen molar-refractivity contribution < 1.29 is 90.4 Å². The number of hydrogen-bond acceptors (Lipinski definition) is 18. The second-order valence-corrected chi connectivity index (χ2v) is 24.4. The number of nitrogens with two attached hydrogens (primary N) is 1. The highest BCUT2D eigenvalue weighted by molar-refractivity contribution is 7.61. The Balaban J connectivity index is 0.951. The summed E-state index contributed by atoms with van der Waals surface area (Å²) in [6.07, 6.45) is 4.02. The van der Waals surface area contributed by atoms with Gasteiger partial charge in [0.2, 0.25) is 11.8 Å². The van der Waals surface area contributed by atoms with Gasteiger partial charge in [-0.05, 0) is 76.3 Å². The van der Waals surface area contributed by atoms with Gasteiger partial charge in [-0.1, -0.05) is 63.8 Å². The number of carbonyl (C=O) groups excluding carboxylic acids is 3. The number of aryl methyl sites for hydroxylation is 2. The number of fused-ring (bicyclic) bond motifs is 1. The van der Waals surface area contributed by atoms with Crippen LogP contribution in [0.5, 0.6) is 0 Å². The summed E-state index contributed by atoms with van der Waals surface area (Å²) in [6.45, 7) is 3.90. The Hall–Kier alpha value is -4.10. The summed E-state index contributed by atoms with van der Waals surface area (Å²) in [6, 6.07) is 8.63. The Kier molecular flexibility index (Phi) is 21.2. The summed E-state index contributed by atoms with van der Waals surface area (Å²) >= 11 is 0. The molecule has 1 saturated carbocycles. The average molecular weight is 1110 g/mol. The Morgan fingerprint density at radius 1 is 0.865 bits per heavy atom. The number of nitrogens with zero attached hydrogens (tertiary/aromatic N) is 4. The molecule has 2 fully saturated rings. The molecule has 414 valence electrons. The smallest absolute Gasteiger partial charge is 0.481 e. The van der Waals surface area contributed by atoms with Gasteiger partial charge in [-0.3, -0.25) is 37.3 Å². The number of amides is 2. The van der Waals surface area contributed by atoms with E-state index in [0.717, 1.165) is 87.9 Å². The molecule has 5 rings (SSSR count). The normalized spacial score (nSPS) is 20.9. The van der Waals surface area contributed by atoms with Crippen LogP contribution in [-0.2, 0) is 68.3 Å². The number of nitrogens with one attached hydrogen (secondary N) is 2. The summed E-state index contributed by atoms with van der Waals surface area (Å²) < 4.78 is 62.6. The van der Waals surface area contributed by atoms with Crippen LogP contribution in [0, 0.1) is 16.2 Å². The largest absolute Gasteiger partial charge is 0.481 e. The number of ether oxygens (including phenoxy) is 1. The van der Waals surface area contributed by atoms with E-state index >= 15 is 0 Å². The van der Waals surface area contributed by atoms with Crippen molar-refractivity contribution in [1.29, 1.82) is 0 Å². The molecule has 1 aliphatic heterocycles. The first-order valence-electron chi connectivity index (χ1n) is 24.3. The van der Waals surface area contributed by atoms with Gasteiger partial charge in [-0.2, -0.15) is 4.31 Å². The molecule has 3 aromatic rings. The second kappa shape index (κ2) is 25.8. The second-order valence-electron chi connectivity index (χ2n) is 20.1. The van der Waals surface area contributed by atoms with Crippen molar-refractivity contribution in [3.8, 4) is 0 Å². The molecule has 26 nitrogen and oxygen atoms in total. The Morgan fingerprint density at radius 2 is 1.47 bits per heavy atom. The van der Waals surface area contributed by atoms with E-state index in [-0.39, 0.29) is 54.1 Å². The number of aliphatic hydroxyl groups excluding tert-OH is 2. The van der Waals surface area contributed by atoms with E-state index in [1.165, 1.54) is 25.0 Å². The first-order valence-corrected chi connectivity index (χ1v) is 28.8. The summed E-state index contributed by atoms with van der Waals surface area (Å²) in [4.78, 5) is 101. The molecule has 1 aliphatic carbocycles. The zero-order chi connectivity index (χ0) is 54.7. The first-order chi connectivity index (χ1) is 34.5. The third kappa shape index (κ3) is 18.0. The number of carbonyl (C=O) groups is 4. The molecule has 0 bridgehead atoms. The lowest BCUT2D eigenvalue weighted by molar-refractivity contribution is -0.147.